The van der Waals surface area contributed by atoms with Crippen molar-refractivity contribution in [1.29, 1.82) is 0 Å². The highest BCUT2D eigenvalue weighted by Crippen LogP contribution is 2.18. The van der Waals surface area contributed by atoms with Gasteiger partial charge in [0.05, 0.1) is 17.4 Å². The average Bonchev–Trinajstić information content (AvgIpc) is 3.12. The zero-order valence-corrected chi connectivity index (χ0v) is 14.8. The number of ketones is 1. The van der Waals surface area contributed by atoms with Crippen molar-refractivity contribution >= 4 is 33.1 Å². The number of carbonyl (C=O) groups excluding carboxylic acids is 2. The quantitative estimate of drug-likeness (QED) is 0.560. The maximum Gasteiger partial charge on any atom is 0.374 e. The largest absolute Gasteiger partial charge is 0.457 e. The van der Waals surface area contributed by atoms with Gasteiger partial charge in [-0.2, -0.15) is 0 Å². The number of esters is 1. The van der Waals surface area contributed by atoms with Gasteiger partial charge in [-0.1, -0.05) is 0 Å². The molecule has 0 aliphatic carbocycles. The van der Waals surface area contributed by atoms with Gasteiger partial charge in [0.15, 0.2) is 6.61 Å². The van der Waals surface area contributed by atoms with Crippen molar-refractivity contribution in [3.05, 3.63) is 45.5 Å². The van der Waals surface area contributed by atoms with Crippen LogP contribution in [0, 0.1) is 6.92 Å². The van der Waals surface area contributed by atoms with Gasteiger partial charge in [-0.25, -0.2) is 17.9 Å². The van der Waals surface area contributed by atoms with Crippen molar-refractivity contribution in [3.63, 3.8) is 0 Å². The van der Waals surface area contributed by atoms with Gasteiger partial charge < -0.3 is 9.15 Å². The zero-order valence-electron chi connectivity index (χ0n) is 13.2. The summed E-state index contributed by atoms with van der Waals surface area (Å²) in [6.07, 6.45) is 2.95. The minimum Gasteiger partial charge on any atom is -0.457 e. The third-order valence-electron chi connectivity index (χ3n) is 3.05. The average molecular weight is 371 g/mol. The van der Waals surface area contributed by atoms with E-state index in [9.17, 15) is 18.0 Å². The fourth-order valence-corrected chi connectivity index (χ4v) is 3.28. The molecule has 0 aliphatic rings. The van der Waals surface area contributed by atoms with Crippen LogP contribution >= 0.6 is 11.3 Å². The number of furan rings is 1. The first kappa shape index (κ1) is 18.4. The van der Waals surface area contributed by atoms with Crippen molar-refractivity contribution in [3.8, 4) is 0 Å². The van der Waals surface area contributed by atoms with Crippen LogP contribution in [0.25, 0.3) is 0 Å². The normalized spacial score (nSPS) is 11.4. The lowest BCUT2D eigenvalue weighted by molar-refractivity contribution is 0.0444. The maximum atomic E-state index is 12.0. The molecule has 0 fully saturated rings. The van der Waals surface area contributed by atoms with Gasteiger partial charge in [-0.3, -0.25) is 4.79 Å². The third kappa shape index (κ3) is 5.29. The SMILES string of the molecule is Cc1ccoc1C(=O)OCC(=O)c1ccc(CCNS(C)(=O)=O)s1. The molecular weight excluding hydrogens is 354 g/mol. The topological polar surface area (TPSA) is 103 Å². The number of Topliss-reactive ketones (excluding diaryl/α,β-unsaturated/α-hetero) is 1. The summed E-state index contributed by atoms with van der Waals surface area (Å²) in [7, 11) is -3.23. The van der Waals surface area contributed by atoms with Gasteiger partial charge >= 0.3 is 5.97 Å². The lowest BCUT2D eigenvalue weighted by atomic mass is 10.3. The van der Waals surface area contributed by atoms with E-state index in [4.69, 9.17) is 9.15 Å². The fraction of sp³-hybridized carbons (Fsp3) is 0.333. The molecule has 9 heteroatoms. The number of rotatable bonds is 8. The number of nitrogens with one attached hydrogen (secondary N) is 1. The second kappa shape index (κ2) is 7.73. The lowest BCUT2D eigenvalue weighted by Gasteiger charge is -2.02. The Hall–Kier alpha value is -1.97. The van der Waals surface area contributed by atoms with Gasteiger partial charge in [0.25, 0.3) is 0 Å². The van der Waals surface area contributed by atoms with E-state index in [-0.39, 0.29) is 24.7 Å². The van der Waals surface area contributed by atoms with Crippen molar-refractivity contribution in [1.82, 2.24) is 4.72 Å². The van der Waals surface area contributed by atoms with Crippen LogP contribution in [-0.2, 0) is 21.2 Å². The van der Waals surface area contributed by atoms with Crippen LogP contribution in [0.1, 0.15) is 30.7 Å². The van der Waals surface area contributed by atoms with Crippen LogP contribution in [0.15, 0.2) is 28.9 Å². The predicted octanol–water partition coefficient (Wildman–Crippen LogP) is 1.78. The molecule has 0 aliphatic heterocycles. The first-order valence-corrected chi connectivity index (χ1v) is 9.75. The molecule has 0 amide bonds. The number of ether oxygens (including phenoxy) is 1. The Morgan fingerprint density at radius 3 is 2.67 bits per heavy atom. The molecule has 2 aromatic heterocycles. The van der Waals surface area contributed by atoms with Gasteiger partial charge in [0, 0.05) is 17.0 Å². The molecule has 0 atom stereocenters. The van der Waals surface area contributed by atoms with Gasteiger partial charge in [0.1, 0.15) is 0 Å². The molecule has 0 unspecified atom stereocenters. The number of carbonyl (C=O) groups is 2. The molecule has 7 nitrogen and oxygen atoms in total. The molecule has 0 bridgehead atoms. The Morgan fingerprint density at radius 1 is 1.29 bits per heavy atom. The van der Waals surface area contributed by atoms with Crippen molar-refractivity contribution in [2.24, 2.45) is 0 Å². The van der Waals surface area contributed by atoms with E-state index in [1.807, 2.05) is 0 Å². The number of hydrogen-bond donors (Lipinski definition) is 1. The second-order valence-electron chi connectivity index (χ2n) is 5.11. The van der Waals surface area contributed by atoms with Crippen molar-refractivity contribution in [2.75, 3.05) is 19.4 Å². The van der Waals surface area contributed by atoms with Crippen molar-refractivity contribution < 1.29 is 27.2 Å². The fourth-order valence-electron chi connectivity index (χ4n) is 1.87. The molecule has 2 rings (SSSR count). The van der Waals surface area contributed by atoms with Crippen LogP contribution < -0.4 is 4.72 Å². The molecule has 0 saturated heterocycles. The van der Waals surface area contributed by atoms with E-state index in [0.29, 0.717) is 16.9 Å². The first-order chi connectivity index (χ1) is 11.3. The summed E-state index contributed by atoms with van der Waals surface area (Å²) < 4.78 is 34.3. The van der Waals surface area contributed by atoms with Gasteiger partial charge in [0.2, 0.25) is 21.6 Å². The predicted molar refractivity (Wildman–Crippen MR) is 88.9 cm³/mol. The highest BCUT2D eigenvalue weighted by atomic mass is 32.2. The van der Waals surface area contributed by atoms with Gasteiger partial charge in [-0.15, -0.1) is 11.3 Å². The number of sulfonamides is 1. The molecule has 2 aromatic rings. The highest BCUT2D eigenvalue weighted by molar-refractivity contribution is 7.88. The Labute approximate surface area is 143 Å². The van der Waals surface area contributed by atoms with E-state index in [1.165, 1.54) is 17.6 Å². The van der Waals surface area contributed by atoms with Crippen LogP contribution in [0.4, 0.5) is 0 Å². The summed E-state index contributed by atoms with van der Waals surface area (Å²) in [5, 5.41) is 0. The summed E-state index contributed by atoms with van der Waals surface area (Å²) in [4.78, 5) is 25.1. The summed E-state index contributed by atoms with van der Waals surface area (Å²) in [5.41, 5.74) is 0.643. The van der Waals surface area contributed by atoms with Gasteiger partial charge in [-0.05, 0) is 31.5 Å². The summed E-state index contributed by atoms with van der Waals surface area (Å²) in [6, 6.07) is 5.02. The standard InChI is InChI=1S/C15H17NO6S2/c1-10-6-8-21-14(10)15(18)22-9-12(17)13-4-3-11(23-13)5-7-16-24(2,19)20/h3-4,6,8,16H,5,7,9H2,1-2H3. The minimum atomic E-state index is -3.23. The summed E-state index contributed by atoms with van der Waals surface area (Å²) >= 11 is 1.24. The van der Waals surface area contributed by atoms with E-state index in [0.717, 1.165) is 11.1 Å². The number of hydrogen-bond acceptors (Lipinski definition) is 7. The summed E-state index contributed by atoms with van der Waals surface area (Å²) in [5.74, 6) is -0.915. The number of aryl methyl sites for hydroxylation is 1. The Morgan fingerprint density at radius 2 is 2.04 bits per heavy atom. The third-order valence-corrected chi connectivity index (χ3v) is 4.97. The number of thiophene rings is 1. The summed E-state index contributed by atoms with van der Waals surface area (Å²) in [6.45, 7) is 1.60. The Bertz CT molecular complexity index is 834. The lowest BCUT2D eigenvalue weighted by Crippen LogP contribution is -2.24. The molecule has 130 valence electrons. The molecule has 1 N–H and O–H groups in total. The highest BCUT2D eigenvalue weighted by Gasteiger charge is 2.17. The van der Waals surface area contributed by atoms with Crippen LogP contribution in [0.2, 0.25) is 0 Å². The van der Waals surface area contributed by atoms with E-state index in [1.54, 1.807) is 25.1 Å². The molecule has 0 spiro atoms. The minimum absolute atomic E-state index is 0.0847. The monoisotopic (exact) mass is 371 g/mol. The molecule has 24 heavy (non-hydrogen) atoms. The van der Waals surface area contributed by atoms with Crippen molar-refractivity contribution in [2.45, 2.75) is 13.3 Å². The maximum absolute atomic E-state index is 12.0. The smallest absolute Gasteiger partial charge is 0.374 e. The zero-order chi connectivity index (χ0) is 17.7. The molecule has 0 saturated carbocycles. The Balaban J connectivity index is 1.85. The van der Waals surface area contributed by atoms with Crippen LogP contribution in [-0.4, -0.2) is 39.6 Å². The molecule has 0 radical (unpaired) electrons. The van der Waals surface area contributed by atoms with E-state index in [2.05, 4.69) is 4.72 Å². The van der Waals surface area contributed by atoms with Crippen LogP contribution in [0.3, 0.4) is 0 Å². The second-order valence-corrected chi connectivity index (χ2v) is 8.12. The Kier molecular flexibility index (Phi) is 5.92. The molecular formula is C15H17NO6S2. The van der Waals surface area contributed by atoms with E-state index >= 15 is 0 Å². The van der Waals surface area contributed by atoms with Crippen LogP contribution in [0.5, 0.6) is 0 Å². The first-order valence-electron chi connectivity index (χ1n) is 7.04. The molecule has 0 aromatic carbocycles. The van der Waals surface area contributed by atoms with E-state index < -0.39 is 16.0 Å². The molecule has 2 heterocycles.